The van der Waals surface area contributed by atoms with Crippen LogP contribution in [0.25, 0.3) is 0 Å². The van der Waals surface area contributed by atoms with Gasteiger partial charge in [-0.15, -0.1) is 0 Å². The van der Waals surface area contributed by atoms with Crippen LogP contribution in [-0.2, 0) is 14.8 Å². The minimum Gasteiger partial charge on any atom is -0.376 e. The number of carbonyl (C=O) groups is 1. The van der Waals surface area contributed by atoms with E-state index in [9.17, 15) is 13.2 Å². The van der Waals surface area contributed by atoms with Crippen molar-refractivity contribution < 1.29 is 17.9 Å². The Morgan fingerprint density at radius 2 is 2.04 bits per heavy atom. The summed E-state index contributed by atoms with van der Waals surface area (Å²) in [7, 11) is -3.53. The number of hydrogen-bond donors (Lipinski definition) is 1. The molecule has 0 spiro atoms. The Bertz CT molecular complexity index is 705. The Kier molecular flexibility index (Phi) is 5.22. The van der Waals surface area contributed by atoms with Gasteiger partial charge in [-0.2, -0.15) is 4.31 Å². The van der Waals surface area contributed by atoms with Crippen LogP contribution in [0.2, 0.25) is 0 Å². The maximum absolute atomic E-state index is 12.8. The monoisotopic (exact) mass is 352 g/mol. The van der Waals surface area contributed by atoms with Gasteiger partial charge in [0.1, 0.15) is 0 Å². The zero-order valence-corrected chi connectivity index (χ0v) is 14.8. The number of rotatable bonds is 5. The lowest BCUT2D eigenvalue weighted by Gasteiger charge is -2.18. The molecule has 1 aromatic carbocycles. The van der Waals surface area contributed by atoms with Gasteiger partial charge in [-0.3, -0.25) is 4.79 Å². The number of amides is 1. The molecule has 0 bridgehead atoms. The van der Waals surface area contributed by atoms with Crippen LogP contribution in [0.15, 0.2) is 23.1 Å². The summed E-state index contributed by atoms with van der Waals surface area (Å²) in [5.41, 5.74) is 1.04. The molecule has 0 aromatic heterocycles. The van der Waals surface area contributed by atoms with E-state index in [0.717, 1.165) is 32.3 Å². The standard InChI is InChI=1S/C17H24N2O4S/c1-13-6-7-14(17(20)18-12-15-5-4-10-23-15)11-16(13)24(21,22)19-8-2-3-9-19/h6-7,11,15H,2-5,8-10,12H2,1H3,(H,18,20)/t15-/m0/s1. The molecule has 2 heterocycles. The summed E-state index contributed by atoms with van der Waals surface area (Å²) in [6, 6.07) is 4.86. The molecule has 2 fully saturated rings. The van der Waals surface area contributed by atoms with Crippen LogP contribution >= 0.6 is 0 Å². The number of sulfonamides is 1. The average Bonchev–Trinajstić information content (AvgIpc) is 3.26. The summed E-state index contributed by atoms with van der Waals surface area (Å²) in [6.45, 7) is 4.07. The van der Waals surface area contributed by atoms with Crippen molar-refractivity contribution in [3.05, 3.63) is 29.3 Å². The minimum atomic E-state index is -3.53. The third-order valence-electron chi connectivity index (χ3n) is 4.65. The first-order chi connectivity index (χ1) is 11.5. The van der Waals surface area contributed by atoms with Crippen LogP contribution in [0.1, 0.15) is 41.6 Å². The molecule has 6 nitrogen and oxygen atoms in total. The van der Waals surface area contributed by atoms with Crippen molar-refractivity contribution >= 4 is 15.9 Å². The second kappa shape index (κ2) is 7.21. The molecule has 24 heavy (non-hydrogen) atoms. The predicted molar refractivity (Wildman–Crippen MR) is 90.5 cm³/mol. The summed E-state index contributed by atoms with van der Waals surface area (Å²) in [4.78, 5) is 12.6. The van der Waals surface area contributed by atoms with Crippen LogP contribution in [0.4, 0.5) is 0 Å². The van der Waals surface area contributed by atoms with Gasteiger partial charge in [-0.1, -0.05) is 6.07 Å². The molecule has 3 rings (SSSR count). The normalized spacial score (nSPS) is 22.0. The molecule has 1 N–H and O–H groups in total. The summed E-state index contributed by atoms with van der Waals surface area (Å²) in [5.74, 6) is -0.261. The van der Waals surface area contributed by atoms with E-state index in [1.54, 1.807) is 19.1 Å². The highest BCUT2D eigenvalue weighted by Crippen LogP contribution is 2.24. The first-order valence-corrected chi connectivity index (χ1v) is 9.93. The van der Waals surface area contributed by atoms with Crippen molar-refractivity contribution in [3.8, 4) is 0 Å². The van der Waals surface area contributed by atoms with E-state index in [4.69, 9.17) is 4.74 Å². The minimum absolute atomic E-state index is 0.0622. The van der Waals surface area contributed by atoms with Gasteiger partial charge >= 0.3 is 0 Å². The lowest BCUT2D eigenvalue weighted by molar-refractivity contribution is 0.0857. The van der Waals surface area contributed by atoms with Gasteiger partial charge in [0.25, 0.3) is 5.91 Å². The fourth-order valence-corrected chi connectivity index (χ4v) is 4.97. The Morgan fingerprint density at radius 3 is 2.71 bits per heavy atom. The van der Waals surface area contributed by atoms with E-state index < -0.39 is 10.0 Å². The number of ether oxygens (including phenoxy) is 1. The summed E-state index contributed by atoms with van der Waals surface area (Å²) in [5, 5.41) is 2.84. The Labute approximate surface area is 143 Å². The zero-order chi connectivity index (χ0) is 17.2. The largest absolute Gasteiger partial charge is 0.376 e. The lowest BCUT2D eigenvalue weighted by Crippen LogP contribution is -2.32. The first-order valence-electron chi connectivity index (χ1n) is 8.49. The summed E-state index contributed by atoms with van der Waals surface area (Å²) < 4.78 is 32.5. The topological polar surface area (TPSA) is 75.7 Å². The molecule has 1 aromatic rings. The van der Waals surface area contributed by atoms with Crippen molar-refractivity contribution in [1.29, 1.82) is 0 Å². The van der Waals surface area contributed by atoms with Gasteiger partial charge in [-0.25, -0.2) is 8.42 Å². The predicted octanol–water partition coefficient (Wildman–Crippen LogP) is 1.69. The average molecular weight is 352 g/mol. The Balaban J connectivity index is 1.76. The third kappa shape index (κ3) is 3.63. The molecule has 0 aliphatic carbocycles. The molecule has 2 saturated heterocycles. The van der Waals surface area contributed by atoms with Gasteiger partial charge in [-0.05, 0) is 50.3 Å². The highest BCUT2D eigenvalue weighted by Gasteiger charge is 2.29. The van der Waals surface area contributed by atoms with Crippen molar-refractivity contribution in [2.24, 2.45) is 0 Å². The molecular weight excluding hydrogens is 328 g/mol. The molecule has 1 atom stereocenters. The lowest BCUT2D eigenvalue weighted by atomic mass is 10.1. The van der Waals surface area contributed by atoms with Crippen molar-refractivity contribution in [3.63, 3.8) is 0 Å². The number of nitrogens with zero attached hydrogens (tertiary/aromatic N) is 1. The van der Waals surface area contributed by atoms with E-state index in [1.165, 1.54) is 10.4 Å². The number of carbonyl (C=O) groups excluding carboxylic acids is 1. The smallest absolute Gasteiger partial charge is 0.251 e. The van der Waals surface area contributed by atoms with Crippen LogP contribution in [0, 0.1) is 6.92 Å². The Hall–Kier alpha value is -1.44. The van der Waals surface area contributed by atoms with Gasteiger partial charge in [0.2, 0.25) is 10.0 Å². The zero-order valence-electron chi connectivity index (χ0n) is 14.0. The fraction of sp³-hybridized carbons (Fsp3) is 0.588. The van der Waals surface area contributed by atoms with E-state index in [2.05, 4.69) is 5.32 Å². The molecule has 0 unspecified atom stereocenters. The van der Waals surface area contributed by atoms with Crippen molar-refractivity contribution in [1.82, 2.24) is 9.62 Å². The third-order valence-corrected chi connectivity index (χ3v) is 6.69. The summed E-state index contributed by atoms with van der Waals surface area (Å²) >= 11 is 0. The van der Waals surface area contributed by atoms with Crippen molar-refractivity contribution in [2.75, 3.05) is 26.2 Å². The molecular formula is C17H24N2O4S. The van der Waals surface area contributed by atoms with E-state index in [-0.39, 0.29) is 16.9 Å². The van der Waals surface area contributed by atoms with Crippen LogP contribution < -0.4 is 5.32 Å². The number of benzene rings is 1. The maximum Gasteiger partial charge on any atom is 0.251 e. The van der Waals surface area contributed by atoms with Crippen LogP contribution in [0.3, 0.4) is 0 Å². The van der Waals surface area contributed by atoms with Gasteiger partial charge in [0, 0.05) is 31.8 Å². The van der Waals surface area contributed by atoms with Gasteiger partial charge in [0.15, 0.2) is 0 Å². The molecule has 1 amide bonds. The van der Waals surface area contributed by atoms with Gasteiger partial charge in [0.05, 0.1) is 11.0 Å². The number of aryl methyl sites for hydroxylation is 1. The summed E-state index contributed by atoms with van der Waals surface area (Å²) in [6.07, 6.45) is 3.80. The number of nitrogens with one attached hydrogen (secondary N) is 1. The molecule has 7 heteroatoms. The molecule has 0 saturated carbocycles. The second-order valence-corrected chi connectivity index (χ2v) is 8.34. The van der Waals surface area contributed by atoms with Crippen LogP contribution in [-0.4, -0.2) is 51.0 Å². The van der Waals surface area contributed by atoms with E-state index >= 15 is 0 Å². The highest BCUT2D eigenvalue weighted by molar-refractivity contribution is 7.89. The maximum atomic E-state index is 12.8. The quantitative estimate of drug-likeness (QED) is 0.875. The van der Waals surface area contributed by atoms with Crippen LogP contribution in [0.5, 0.6) is 0 Å². The van der Waals surface area contributed by atoms with E-state index in [1.807, 2.05) is 0 Å². The SMILES string of the molecule is Cc1ccc(C(=O)NC[C@@H]2CCCO2)cc1S(=O)(=O)N1CCCC1. The van der Waals surface area contributed by atoms with E-state index in [0.29, 0.717) is 30.8 Å². The molecule has 2 aliphatic rings. The highest BCUT2D eigenvalue weighted by atomic mass is 32.2. The Morgan fingerprint density at radius 1 is 1.29 bits per heavy atom. The van der Waals surface area contributed by atoms with Crippen molar-refractivity contribution in [2.45, 2.75) is 43.6 Å². The molecule has 2 aliphatic heterocycles. The first kappa shape index (κ1) is 17.4. The molecule has 0 radical (unpaired) electrons. The van der Waals surface area contributed by atoms with Gasteiger partial charge < -0.3 is 10.1 Å². The second-order valence-electron chi connectivity index (χ2n) is 6.44. The number of hydrogen-bond acceptors (Lipinski definition) is 4. The fourth-order valence-electron chi connectivity index (χ4n) is 3.20. The molecule has 132 valence electrons.